The van der Waals surface area contributed by atoms with Gasteiger partial charge in [-0.25, -0.2) is 0 Å². The fourth-order valence-corrected chi connectivity index (χ4v) is 1.71. The molecule has 0 aromatic carbocycles. The van der Waals surface area contributed by atoms with Gasteiger partial charge in [0.05, 0.1) is 13.4 Å². The minimum Gasteiger partial charge on any atom is -0.497 e. The first-order valence-electron chi connectivity index (χ1n) is 5.76. The van der Waals surface area contributed by atoms with Crippen molar-refractivity contribution < 1.29 is 14.3 Å². The van der Waals surface area contributed by atoms with Crippen LogP contribution < -0.4 is 5.32 Å². The molecule has 0 saturated heterocycles. The molecule has 4 nitrogen and oxygen atoms in total. The maximum absolute atomic E-state index is 11.5. The standard InChI is InChI=1S/C12H21NO3/c1-9(2)11(12(14)15-3)13-8-10-6-4-5-7-16-10/h5,7,9-11,13H,4,6,8H2,1-3H3/t10?,11-/m0/s1. The van der Waals surface area contributed by atoms with Crippen molar-refractivity contribution >= 4 is 5.97 Å². The van der Waals surface area contributed by atoms with E-state index >= 15 is 0 Å². The summed E-state index contributed by atoms with van der Waals surface area (Å²) < 4.78 is 10.2. The third-order valence-electron chi connectivity index (χ3n) is 2.71. The Hall–Kier alpha value is -1.03. The molecule has 4 heteroatoms. The van der Waals surface area contributed by atoms with E-state index in [2.05, 4.69) is 5.32 Å². The highest BCUT2D eigenvalue weighted by atomic mass is 16.5. The molecule has 0 aliphatic carbocycles. The lowest BCUT2D eigenvalue weighted by Gasteiger charge is -2.24. The Balaban J connectivity index is 2.37. The highest BCUT2D eigenvalue weighted by molar-refractivity contribution is 5.75. The van der Waals surface area contributed by atoms with Gasteiger partial charge in [0, 0.05) is 6.54 Å². The molecule has 16 heavy (non-hydrogen) atoms. The van der Waals surface area contributed by atoms with Crippen molar-refractivity contribution in [1.29, 1.82) is 0 Å². The van der Waals surface area contributed by atoms with Gasteiger partial charge in [-0.1, -0.05) is 13.8 Å². The summed E-state index contributed by atoms with van der Waals surface area (Å²) in [7, 11) is 1.42. The molecule has 0 bridgehead atoms. The Morgan fingerprint density at radius 2 is 2.38 bits per heavy atom. The summed E-state index contributed by atoms with van der Waals surface area (Å²) in [5.41, 5.74) is 0. The third-order valence-corrected chi connectivity index (χ3v) is 2.71. The van der Waals surface area contributed by atoms with Gasteiger partial charge >= 0.3 is 5.97 Å². The van der Waals surface area contributed by atoms with E-state index in [9.17, 15) is 4.79 Å². The Labute approximate surface area is 97.0 Å². The molecule has 2 atom stereocenters. The molecule has 1 aliphatic rings. The average molecular weight is 227 g/mol. The molecule has 92 valence electrons. The summed E-state index contributed by atoms with van der Waals surface area (Å²) in [6.07, 6.45) is 5.94. The molecule has 0 spiro atoms. The van der Waals surface area contributed by atoms with Crippen molar-refractivity contribution in [3.8, 4) is 0 Å². The van der Waals surface area contributed by atoms with Crippen molar-refractivity contribution in [2.75, 3.05) is 13.7 Å². The minimum atomic E-state index is -0.250. The Morgan fingerprint density at radius 1 is 1.62 bits per heavy atom. The summed E-state index contributed by atoms with van der Waals surface area (Å²) in [5, 5.41) is 3.21. The molecule has 0 radical (unpaired) electrons. The molecule has 1 N–H and O–H groups in total. The van der Waals surface area contributed by atoms with E-state index in [4.69, 9.17) is 9.47 Å². The van der Waals surface area contributed by atoms with Crippen molar-refractivity contribution in [2.24, 2.45) is 5.92 Å². The maximum atomic E-state index is 11.5. The number of methoxy groups -OCH3 is 1. The molecule has 0 aromatic rings. The zero-order valence-corrected chi connectivity index (χ0v) is 10.2. The number of hydrogen-bond donors (Lipinski definition) is 1. The van der Waals surface area contributed by atoms with Gasteiger partial charge in [-0.05, 0) is 24.8 Å². The number of nitrogens with one attached hydrogen (secondary N) is 1. The first-order chi connectivity index (χ1) is 7.65. The Bertz CT molecular complexity index is 251. The molecule has 0 aromatic heterocycles. The van der Waals surface area contributed by atoms with E-state index in [1.165, 1.54) is 7.11 Å². The second kappa shape index (κ2) is 6.53. The number of carbonyl (C=O) groups excluding carboxylic acids is 1. The van der Waals surface area contributed by atoms with Gasteiger partial charge in [-0.3, -0.25) is 4.79 Å². The quantitative estimate of drug-likeness (QED) is 0.722. The summed E-state index contributed by atoms with van der Waals surface area (Å²) in [5.74, 6) is 0.00735. The van der Waals surface area contributed by atoms with E-state index in [-0.39, 0.29) is 24.0 Å². The fraction of sp³-hybridized carbons (Fsp3) is 0.750. The van der Waals surface area contributed by atoms with E-state index in [1.807, 2.05) is 19.9 Å². The predicted molar refractivity (Wildman–Crippen MR) is 61.9 cm³/mol. The van der Waals surface area contributed by atoms with Crippen molar-refractivity contribution in [3.63, 3.8) is 0 Å². The molecule has 0 amide bonds. The summed E-state index contributed by atoms with van der Waals surface area (Å²) >= 11 is 0. The average Bonchev–Trinajstić information content (AvgIpc) is 2.30. The highest BCUT2D eigenvalue weighted by Crippen LogP contribution is 2.10. The first-order valence-corrected chi connectivity index (χ1v) is 5.76. The lowest BCUT2D eigenvalue weighted by molar-refractivity contribution is -0.144. The van der Waals surface area contributed by atoms with E-state index in [0.717, 1.165) is 12.8 Å². The van der Waals surface area contributed by atoms with E-state index in [1.54, 1.807) is 6.26 Å². The van der Waals surface area contributed by atoms with Crippen LogP contribution in [0.3, 0.4) is 0 Å². The first kappa shape index (κ1) is 13.0. The van der Waals surface area contributed by atoms with Crippen LogP contribution in [0, 0.1) is 5.92 Å². The highest BCUT2D eigenvalue weighted by Gasteiger charge is 2.23. The molecule has 1 aliphatic heterocycles. The van der Waals surface area contributed by atoms with Crippen LogP contribution in [-0.4, -0.2) is 31.8 Å². The largest absolute Gasteiger partial charge is 0.497 e. The van der Waals surface area contributed by atoms with Crippen molar-refractivity contribution in [2.45, 2.75) is 38.8 Å². The fourth-order valence-electron chi connectivity index (χ4n) is 1.71. The molecule has 1 unspecified atom stereocenters. The van der Waals surface area contributed by atoms with Gasteiger partial charge in [-0.2, -0.15) is 0 Å². The number of esters is 1. The topological polar surface area (TPSA) is 47.6 Å². The van der Waals surface area contributed by atoms with Crippen LogP contribution in [-0.2, 0) is 14.3 Å². The van der Waals surface area contributed by atoms with Crippen LogP contribution in [0.15, 0.2) is 12.3 Å². The van der Waals surface area contributed by atoms with E-state index in [0.29, 0.717) is 6.54 Å². The monoisotopic (exact) mass is 227 g/mol. The van der Waals surface area contributed by atoms with Gasteiger partial charge in [0.15, 0.2) is 0 Å². The molecular formula is C12H21NO3. The van der Waals surface area contributed by atoms with Gasteiger partial charge in [0.1, 0.15) is 12.1 Å². The lowest BCUT2D eigenvalue weighted by atomic mass is 10.0. The third kappa shape index (κ3) is 3.85. The van der Waals surface area contributed by atoms with Crippen LogP contribution in [0.2, 0.25) is 0 Å². The number of allylic oxidation sites excluding steroid dienone is 1. The van der Waals surface area contributed by atoms with Crippen LogP contribution in [0.5, 0.6) is 0 Å². The van der Waals surface area contributed by atoms with Gasteiger partial charge < -0.3 is 14.8 Å². The van der Waals surface area contributed by atoms with Crippen molar-refractivity contribution in [1.82, 2.24) is 5.32 Å². The van der Waals surface area contributed by atoms with Crippen LogP contribution >= 0.6 is 0 Å². The van der Waals surface area contributed by atoms with Gasteiger partial charge in [-0.15, -0.1) is 0 Å². The summed E-state index contributed by atoms with van der Waals surface area (Å²) in [6, 6.07) is -0.250. The number of carbonyl (C=O) groups is 1. The number of hydrogen-bond acceptors (Lipinski definition) is 4. The van der Waals surface area contributed by atoms with Gasteiger partial charge in [0.2, 0.25) is 0 Å². The summed E-state index contributed by atoms with van der Waals surface area (Å²) in [6.45, 7) is 4.68. The normalized spacial score (nSPS) is 21.6. The lowest BCUT2D eigenvalue weighted by Crippen LogP contribution is -2.45. The summed E-state index contributed by atoms with van der Waals surface area (Å²) in [4.78, 5) is 11.5. The Morgan fingerprint density at radius 3 is 2.88 bits per heavy atom. The van der Waals surface area contributed by atoms with Crippen LogP contribution in [0.25, 0.3) is 0 Å². The molecule has 0 fully saturated rings. The zero-order chi connectivity index (χ0) is 12.0. The van der Waals surface area contributed by atoms with Gasteiger partial charge in [0.25, 0.3) is 0 Å². The molecule has 1 rings (SSSR count). The minimum absolute atomic E-state index is 0.163. The molecule has 0 saturated carbocycles. The zero-order valence-electron chi connectivity index (χ0n) is 10.2. The number of rotatable bonds is 5. The van der Waals surface area contributed by atoms with E-state index < -0.39 is 0 Å². The maximum Gasteiger partial charge on any atom is 0.323 e. The second-order valence-corrected chi connectivity index (χ2v) is 4.36. The van der Waals surface area contributed by atoms with Crippen molar-refractivity contribution in [3.05, 3.63) is 12.3 Å². The number of ether oxygens (including phenoxy) is 2. The second-order valence-electron chi connectivity index (χ2n) is 4.36. The SMILES string of the molecule is COC(=O)[C@@H](NCC1CCC=CO1)C(C)C. The van der Waals surface area contributed by atoms with Crippen LogP contribution in [0.4, 0.5) is 0 Å². The molecular weight excluding hydrogens is 206 g/mol. The Kier molecular flexibility index (Phi) is 5.32. The molecule has 1 heterocycles. The predicted octanol–water partition coefficient (Wildman–Crippen LogP) is 1.47. The smallest absolute Gasteiger partial charge is 0.323 e. The van der Waals surface area contributed by atoms with Crippen LogP contribution in [0.1, 0.15) is 26.7 Å².